The van der Waals surface area contributed by atoms with Gasteiger partial charge in [0, 0.05) is 29.9 Å². The van der Waals surface area contributed by atoms with Gasteiger partial charge in [0.15, 0.2) is 0 Å². The highest BCUT2D eigenvalue weighted by Gasteiger charge is 2.21. The molecule has 10 heteroatoms. The van der Waals surface area contributed by atoms with Crippen LogP contribution in [0.5, 0.6) is 5.75 Å². The van der Waals surface area contributed by atoms with Crippen LogP contribution in [-0.2, 0) is 16.6 Å². The highest BCUT2D eigenvalue weighted by molar-refractivity contribution is 7.89. The monoisotopic (exact) mass is 496 g/mol. The number of carbonyl (C=O) groups excluding carboxylic acids is 1. The summed E-state index contributed by atoms with van der Waals surface area (Å²) in [5.74, 6) is -0.492. The summed E-state index contributed by atoms with van der Waals surface area (Å²) in [6, 6.07) is 21.2. The number of benzene rings is 3. The van der Waals surface area contributed by atoms with Crippen LogP contribution in [0.15, 0.2) is 83.8 Å². The fourth-order valence-electron chi connectivity index (χ4n) is 3.30. The third-order valence-electron chi connectivity index (χ3n) is 5.13. The average Bonchev–Trinajstić information content (AvgIpc) is 3.32. The van der Waals surface area contributed by atoms with Gasteiger partial charge in [-0.15, -0.1) is 0 Å². The summed E-state index contributed by atoms with van der Waals surface area (Å²) in [5, 5.41) is 19.8. The summed E-state index contributed by atoms with van der Waals surface area (Å²) < 4.78 is 27.0. The number of carbonyl (C=O) groups is 1. The van der Waals surface area contributed by atoms with Gasteiger partial charge in [-0.2, -0.15) is 9.40 Å². The van der Waals surface area contributed by atoms with Crippen molar-refractivity contribution in [3.05, 3.63) is 95.1 Å². The largest absolute Gasteiger partial charge is 0.507 e. The normalized spacial score (nSPS) is 11.5. The zero-order valence-corrected chi connectivity index (χ0v) is 19.6. The molecular weight excluding hydrogens is 476 g/mol. The number of nitrogens with one attached hydrogen (secondary N) is 2. The van der Waals surface area contributed by atoms with Crippen LogP contribution in [0.4, 0.5) is 5.69 Å². The molecule has 0 unspecified atom stereocenters. The van der Waals surface area contributed by atoms with E-state index in [-0.39, 0.29) is 22.9 Å². The van der Waals surface area contributed by atoms with Gasteiger partial charge in [0.1, 0.15) is 11.4 Å². The van der Waals surface area contributed by atoms with Crippen LogP contribution in [0.1, 0.15) is 16.1 Å². The van der Waals surface area contributed by atoms with E-state index in [0.29, 0.717) is 22.0 Å². The van der Waals surface area contributed by atoms with Crippen LogP contribution >= 0.6 is 11.6 Å². The summed E-state index contributed by atoms with van der Waals surface area (Å²) in [4.78, 5) is 12.7. The van der Waals surface area contributed by atoms with Gasteiger partial charge in [-0.1, -0.05) is 41.9 Å². The predicted octanol–water partition coefficient (Wildman–Crippen LogP) is 4.51. The Labute approximate surface area is 201 Å². The number of phenolic OH excluding ortho intramolecular Hbond substituents is 1. The van der Waals surface area contributed by atoms with Gasteiger partial charge in [-0.3, -0.25) is 9.89 Å². The number of H-pyrrole nitrogens is 1. The van der Waals surface area contributed by atoms with E-state index < -0.39 is 15.9 Å². The summed E-state index contributed by atoms with van der Waals surface area (Å²) in [7, 11) is -2.18. The molecule has 1 heterocycles. The first-order valence-corrected chi connectivity index (χ1v) is 12.0. The maximum absolute atomic E-state index is 12.9. The van der Waals surface area contributed by atoms with Crippen molar-refractivity contribution in [2.45, 2.75) is 11.4 Å². The zero-order valence-electron chi connectivity index (χ0n) is 18.1. The highest BCUT2D eigenvalue weighted by Crippen LogP contribution is 2.30. The minimum absolute atomic E-state index is 0.0168. The Bertz CT molecular complexity index is 1420. The number of sulfonamides is 1. The Morgan fingerprint density at radius 2 is 1.76 bits per heavy atom. The Morgan fingerprint density at radius 1 is 1.06 bits per heavy atom. The third-order valence-corrected chi connectivity index (χ3v) is 7.18. The second-order valence-corrected chi connectivity index (χ2v) is 10.0. The van der Waals surface area contributed by atoms with Crippen LogP contribution in [0, 0.1) is 0 Å². The number of aromatic nitrogens is 2. The molecule has 0 atom stereocenters. The molecule has 34 heavy (non-hydrogen) atoms. The molecule has 8 nitrogen and oxygen atoms in total. The second-order valence-electron chi connectivity index (χ2n) is 7.55. The molecule has 0 spiro atoms. The van der Waals surface area contributed by atoms with Crippen molar-refractivity contribution in [1.82, 2.24) is 14.5 Å². The lowest BCUT2D eigenvalue weighted by molar-refractivity contribution is 0.102. The zero-order chi connectivity index (χ0) is 24.3. The Hall–Kier alpha value is -3.66. The summed E-state index contributed by atoms with van der Waals surface area (Å²) in [6.45, 7) is 0.242. The van der Waals surface area contributed by atoms with Gasteiger partial charge in [-0.05, 0) is 54.1 Å². The second kappa shape index (κ2) is 9.68. The molecular formula is C24H21ClN4O4S. The van der Waals surface area contributed by atoms with E-state index in [1.54, 1.807) is 12.1 Å². The molecule has 0 saturated heterocycles. The molecule has 0 aliphatic carbocycles. The van der Waals surface area contributed by atoms with Crippen LogP contribution < -0.4 is 5.32 Å². The first kappa shape index (κ1) is 23.5. The summed E-state index contributed by atoms with van der Waals surface area (Å²) >= 11 is 5.97. The molecule has 0 saturated carbocycles. The van der Waals surface area contributed by atoms with Crippen LogP contribution in [0.25, 0.3) is 11.3 Å². The smallest absolute Gasteiger partial charge is 0.273 e. The van der Waals surface area contributed by atoms with E-state index in [2.05, 4.69) is 15.5 Å². The molecule has 1 aromatic heterocycles. The van der Waals surface area contributed by atoms with Crippen molar-refractivity contribution in [3.8, 4) is 17.0 Å². The van der Waals surface area contributed by atoms with Crippen molar-refractivity contribution in [2.24, 2.45) is 0 Å². The maximum atomic E-state index is 12.9. The lowest BCUT2D eigenvalue weighted by Crippen LogP contribution is -2.26. The standard InChI is InChI=1S/C24H21ClN4O4S/c1-29(15-16-5-3-2-4-6-16)34(32,33)19-10-8-18(9-11-19)26-24(31)22-14-21(27-28-22)20-13-17(25)7-12-23(20)30/h2-14,30H,15H2,1H3,(H,26,31)(H,27,28). The van der Waals surface area contributed by atoms with E-state index in [1.165, 1.54) is 47.8 Å². The van der Waals surface area contributed by atoms with Crippen LogP contribution in [0.3, 0.4) is 0 Å². The molecule has 1 amide bonds. The van der Waals surface area contributed by atoms with Crippen LogP contribution in [0.2, 0.25) is 5.02 Å². The first-order chi connectivity index (χ1) is 16.2. The van der Waals surface area contributed by atoms with E-state index in [1.807, 2.05) is 30.3 Å². The highest BCUT2D eigenvalue weighted by atomic mass is 35.5. The number of phenols is 1. The minimum Gasteiger partial charge on any atom is -0.507 e. The van der Waals surface area contributed by atoms with Gasteiger partial charge in [-0.25, -0.2) is 8.42 Å². The number of aromatic hydroxyl groups is 1. The fourth-order valence-corrected chi connectivity index (χ4v) is 4.63. The Balaban J connectivity index is 1.45. The molecule has 174 valence electrons. The molecule has 4 aromatic rings. The van der Waals surface area contributed by atoms with E-state index >= 15 is 0 Å². The first-order valence-electron chi connectivity index (χ1n) is 10.2. The lowest BCUT2D eigenvalue weighted by atomic mass is 10.1. The predicted molar refractivity (Wildman–Crippen MR) is 130 cm³/mol. The SMILES string of the molecule is CN(Cc1ccccc1)S(=O)(=O)c1ccc(NC(=O)c2cc(-c3cc(Cl)ccc3O)n[nH]2)cc1. The Morgan fingerprint density at radius 3 is 2.47 bits per heavy atom. The number of hydrogen-bond donors (Lipinski definition) is 3. The number of aromatic amines is 1. The van der Waals surface area contributed by atoms with Crippen LogP contribution in [-0.4, -0.2) is 41.0 Å². The van der Waals surface area contributed by atoms with Gasteiger partial charge in [0.2, 0.25) is 10.0 Å². The van der Waals surface area contributed by atoms with E-state index in [9.17, 15) is 18.3 Å². The van der Waals surface area contributed by atoms with Gasteiger partial charge >= 0.3 is 0 Å². The van der Waals surface area contributed by atoms with Crippen molar-refractivity contribution in [3.63, 3.8) is 0 Å². The quantitative estimate of drug-likeness (QED) is 0.348. The van der Waals surface area contributed by atoms with Crippen molar-refractivity contribution in [2.75, 3.05) is 12.4 Å². The number of halogens is 1. The minimum atomic E-state index is -3.70. The number of anilines is 1. The number of rotatable bonds is 7. The van der Waals surface area contributed by atoms with Crippen molar-refractivity contribution in [1.29, 1.82) is 0 Å². The summed E-state index contributed by atoms with van der Waals surface area (Å²) in [6.07, 6.45) is 0. The van der Waals surface area contributed by atoms with Gasteiger partial charge in [0.05, 0.1) is 10.6 Å². The van der Waals surface area contributed by atoms with Crippen molar-refractivity contribution < 1.29 is 18.3 Å². The molecule has 0 fully saturated rings. The molecule has 0 bridgehead atoms. The molecule has 0 aliphatic heterocycles. The van der Waals surface area contributed by atoms with E-state index in [0.717, 1.165) is 5.56 Å². The molecule has 0 aliphatic rings. The lowest BCUT2D eigenvalue weighted by Gasteiger charge is -2.17. The molecule has 0 radical (unpaired) electrons. The molecule has 3 aromatic carbocycles. The number of amides is 1. The average molecular weight is 497 g/mol. The molecule has 4 rings (SSSR count). The molecule has 3 N–H and O–H groups in total. The van der Waals surface area contributed by atoms with Gasteiger partial charge < -0.3 is 10.4 Å². The summed E-state index contributed by atoms with van der Waals surface area (Å²) in [5.41, 5.74) is 2.19. The Kier molecular flexibility index (Phi) is 6.69. The number of nitrogens with zero attached hydrogens (tertiary/aromatic N) is 2. The number of hydrogen-bond acceptors (Lipinski definition) is 5. The van der Waals surface area contributed by atoms with Gasteiger partial charge in [0.25, 0.3) is 5.91 Å². The topological polar surface area (TPSA) is 115 Å². The maximum Gasteiger partial charge on any atom is 0.273 e. The third kappa shape index (κ3) is 5.12. The van der Waals surface area contributed by atoms with E-state index in [4.69, 9.17) is 11.6 Å². The fraction of sp³-hybridized carbons (Fsp3) is 0.0833. The van der Waals surface area contributed by atoms with Crippen molar-refractivity contribution >= 4 is 33.2 Å².